The molecule has 0 bridgehead atoms. The number of carbonyl (C=O) groups excluding carboxylic acids is 1. The van der Waals surface area contributed by atoms with Crippen LogP contribution < -0.4 is 0 Å². The molecule has 2 heteroatoms. The summed E-state index contributed by atoms with van der Waals surface area (Å²) in [5.74, 6) is 0. The summed E-state index contributed by atoms with van der Waals surface area (Å²) in [7, 11) is 0. The number of benzene rings is 1. The smallest absolute Gasteiger partial charge is 0.249 e. The van der Waals surface area contributed by atoms with E-state index >= 15 is 0 Å². The molecule has 0 amide bonds. The number of carbonyl (C=O) groups is 1. The van der Waals surface area contributed by atoms with Gasteiger partial charge in [-0.2, -0.15) is 0 Å². The lowest BCUT2D eigenvalue weighted by Crippen LogP contribution is -1.87. The summed E-state index contributed by atoms with van der Waals surface area (Å²) in [6.45, 7) is 1.93. The molecular formula is C8H7OS. The van der Waals surface area contributed by atoms with Gasteiger partial charge in [-0.15, -0.1) is 0 Å². The van der Waals surface area contributed by atoms with Crippen molar-refractivity contribution in [3.8, 4) is 0 Å². The second-order valence-corrected chi connectivity index (χ2v) is 2.53. The first-order valence-corrected chi connectivity index (χ1v) is 3.39. The van der Waals surface area contributed by atoms with Crippen LogP contribution in [0.4, 0.5) is 0 Å². The molecule has 0 aliphatic rings. The Hall–Kier alpha value is -0.890. The Morgan fingerprint density at radius 1 is 1.50 bits per heavy atom. The SMILES string of the molecule is Cc1cccc(C(=O)[S])c1. The third-order valence-electron chi connectivity index (χ3n) is 1.25. The van der Waals surface area contributed by atoms with Crippen LogP contribution in [0.2, 0.25) is 0 Å². The molecule has 0 saturated heterocycles. The molecule has 1 aromatic carbocycles. The van der Waals surface area contributed by atoms with E-state index in [1.54, 1.807) is 12.1 Å². The van der Waals surface area contributed by atoms with Crippen LogP contribution >= 0.6 is 12.6 Å². The molecule has 0 unspecified atom stereocenters. The van der Waals surface area contributed by atoms with Crippen molar-refractivity contribution in [1.29, 1.82) is 0 Å². The van der Waals surface area contributed by atoms with E-state index in [0.717, 1.165) is 5.56 Å². The minimum Gasteiger partial charge on any atom is -0.276 e. The van der Waals surface area contributed by atoms with Crippen LogP contribution in [-0.4, -0.2) is 5.12 Å². The lowest BCUT2D eigenvalue weighted by Gasteiger charge is -1.93. The number of rotatable bonds is 1. The van der Waals surface area contributed by atoms with Crippen molar-refractivity contribution in [3.05, 3.63) is 35.4 Å². The standard InChI is InChI=1S/C8H7OS/c1-6-3-2-4-7(5-6)8(9)10/h2-5H,1H3. The first-order valence-electron chi connectivity index (χ1n) is 2.98. The van der Waals surface area contributed by atoms with Crippen LogP contribution in [0.3, 0.4) is 0 Å². The molecule has 0 saturated carbocycles. The molecule has 0 N–H and O–H groups in total. The molecule has 0 atom stereocenters. The van der Waals surface area contributed by atoms with Crippen LogP contribution in [0.5, 0.6) is 0 Å². The third-order valence-corrected chi connectivity index (χ3v) is 1.49. The molecular weight excluding hydrogens is 144 g/mol. The quantitative estimate of drug-likeness (QED) is 0.602. The highest BCUT2D eigenvalue weighted by Crippen LogP contribution is 2.05. The van der Waals surface area contributed by atoms with Gasteiger partial charge in [0.15, 0.2) is 0 Å². The average molecular weight is 151 g/mol. The van der Waals surface area contributed by atoms with Gasteiger partial charge in [-0.3, -0.25) is 4.79 Å². The van der Waals surface area contributed by atoms with Gasteiger partial charge in [-0.05, 0) is 25.6 Å². The van der Waals surface area contributed by atoms with Gasteiger partial charge in [0.1, 0.15) is 0 Å². The second-order valence-electron chi connectivity index (χ2n) is 2.16. The predicted octanol–water partition coefficient (Wildman–Crippen LogP) is 2.33. The summed E-state index contributed by atoms with van der Waals surface area (Å²) in [4.78, 5) is 10.6. The van der Waals surface area contributed by atoms with Crippen LogP contribution in [0.1, 0.15) is 15.9 Å². The van der Waals surface area contributed by atoms with Crippen molar-refractivity contribution >= 4 is 17.7 Å². The minimum atomic E-state index is -0.288. The van der Waals surface area contributed by atoms with Crippen LogP contribution in [0.25, 0.3) is 0 Å². The topological polar surface area (TPSA) is 17.1 Å². The zero-order valence-corrected chi connectivity index (χ0v) is 6.44. The van der Waals surface area contributed by atoms with E-state index in [1.165, 1.54) is 0 Å². The van der Waals surface area contributed by atoms with E-state index in [4.69, 9.17) is 0 Å². The van der Waals surface area contributed by atoms with Crippen molar-refractivity contribution in [1.82, 2.24) is 0 Å². The maximum atomic E-state index is 10.6. The van der Waals surface area contributed by atoms with E-state index in [0.29, 0.717) is 5.56 Å². The molecule has 0 aliphatic carbocycles. The third kappa shape index (κ3) is 1.54. The summed E-state index contributed by atoms with van der Waals surface area (Å²) in [6.07, 6.45) is 0. The summed E-state index contributed by atoms with van der Waals surface area (Å²) in [5, 5.41) is -0.288. The molecule has 1 nitrogen and oxygen atoms in total. The van der Waals surface area contributed by atoms with E-state index in [1.807, 2.05) is 19.1 Å². The normalized spacial score (nSPS) is 9.30. The average Bonchev–Trinajstić information content (AvgIpc) is 1.88. The van der Waals surface area contributed by atoms with Gasteiger partial charge >= 0.3 is 0 Å². The molecule has 0 aliphatic heterocycles. The van der Waals surface area contributed by atoms with E-state index in [9.17, 15) is 4.79 Å². The molecule has 0 heterocycles. The predicted molar refractivity (Wildman–Crippen MR) is 43.1 cm³/mol. The van der Waals surface area contributed by atoms with Crippen LogP contribution in [-0.2, 0) is 0 Å². The van der Waals surface area contributed by atoms with Gasteiger partial charge in [0.05, 0.1) is 0 Å². The Labute approximate surface area is 65.5 Å². The fourth-order valence-corrected chi connectivity index (χ4v) is 0.899. The molecule has 0 spiro atoms. The highest BCUT2D eigenvalue weighted by atomic mass is 32.1. The maximum absolute atomic E-state index is 10.6. The summed E-state index contributed by atoms with van der Waals surface area (Å²) in [5.41, 5.74) is 1.67. The lowest BCUT2D eigenvalue weighted by molar-refractivity contribution is 0.109. The summed E-state index contributed by atoms with van der Waals surface area (Å²) < 4.78 is 0. The van der Waals surface area contributed by atoms with Crippen LogP contribution in [0, 0.1) is 6.92 Å². The van der Waals surface area contributed by atoms with Gasteiger partial charge in [0, 0.05) is 5.56 Å². The first-order chi connectivity index (χ1) is 4.70. The number of hydrogen-bond acceptors (Lipinski definition) is 1. The first kappa shape index (κ1) is 7.22. The lowest BCUT2D eigenvalue weighted by atomic mass is 10.2. The Bertz CT molecular complexity index is 255. The Balaban J connectivity index is 3.07. The number of aryl methyl sites for hydroxylation is 1. The molecule has 0 fully saturated rings. The van der Waals surface area contributed by atoms with Gasteiger partial charge in [-0.25, -0.2) is 0 Å². The van der Waals surface area contributed by atoms with E-state index < -0.39 is 0 Å². The fraction of sp³-hybridized carbons (Fsp3) is 0.125. The molecule has 1 aromatic rings. The van der Waals surface area contributed by atoms with Crippen molar-refractivity contribution < 1.29 is 4.79 Å². The highest BCUT2D eigenvalue weighted by Gasteiger charge is 1.98. The Morgan fingerprint density at radius 3 is 2.60 bits per heavy atom. The van der Waals surface area contributed by atoms with Gasteiger partial charge in [0.25, 0.3) is 0 Å². The fourth-order valence-electron chi connectivity index (χ4n) is 0.772. The monoisotopic (exact) mass is 151 g/mol. The van der Waals surface area contributed by atoms with Gasteiger partial charge in [0.2, 0.25) is 5.12 Å². The minimum absolute atomic E-state index is 0.288. The molecule has 1 radical (unpaired) electrons. The van der Waals surface area contributed by atoms with Crippen molar-refractivity contribution in [2.45, 2.75) is 6.92 Å². The van der Waals surface area contributed by atoms with Crippen molar-refractivity contribution in [2.75, 3.05) is 0 Å². The van der Waals surface area contributed by atoms with Crippen molar-refractivity contribution in [2.24, 2.45) is 0 Å². The molecule has 51 valence electrons. The van der Waals surface area contributed by atoms with E-state index in [2.05, 4.69) is 12.6 Å². The van der Waals surface area contributed by atoms with Crippen LogP contribution in [0.15, 0.2) is 24.3 Å². The van der Waals surface area contributed by atoms with Gasteiger partial charge < -0.3 is 0 Å². The van der Waals surface area contributed by atoms with Gasteiger partial charge in [-0.1, -0.05) is 23.8 Å². The largest absolute Gasteiger partial charge is 0.276 e. The second kappa shape index (κ2) is 2.80. The zero-order chi connectivity index (χ0) is 7.56. The zero-order valence-electron chi connectivity index (χ0n) is 5.63. The summed E-state index contributed by atoms with van der Waals surface area (Å²) in [6, 6.07) is 7.27. The van der Waals surface area contributed by atoms with Crippen molar-refractivity contribution in [3.63, 3.8) is 0 Å². The molecule has 10 heavy (non-hydrogen) atoms. The Morgan fingerprint density at radius 2 is 2.20 bits per heavy atom. The molecule has 1 rings (SSSR count). The maximum Gasteiger partial charge on any atom is 0.249 e. The Kier molecular flexibility index (Phi) is 2.02. The highest BCUT2D eigenvalue weighted by molar-refractivity contribution is 7.97. The summed E-state index contributed by atoms with van der Waals surface area (Å²) >= 11 is 4.47. The molecule has 0 aromatic heterocycles. The van der Waals surface area contributed by atoms with E-state index in [-0.39, 0.29) is 5.12 Å². The number of hydrogen-bond donors (Lipinski definition) is 0.